The molecule has 0 aliphatic carbocycles. The normalized spacial score (nSPS) is 18.6. The van der Waals surface area contributed by atoms with Crippen LogP contribution in [0, 0.1) is 0 Å². The van der Waals surface area contributed by atoms with Gasteiger partial charge in [-0.3, -0.25) is 4.90 Å². The molecule has 1 aliphatic rings. The minimum Gasteiger partial charge on any atom is -0.392 e. The third kappa shape index (κ3) is 3.56. The summed E-state index contributed by atoms with van der Waals surface area (Å²) in [4.78, 5) is 11.7. The lowest BCUT2D eigenvalue weighted by atomic mass is 10.2. The Morgan fingerprint density at radius 3 is 2.57 bits per heavy atom. The maximum Gasteiger partial charge on any atom is 0.451 e. The van der Waals surface area contributed by atoms with E-state index in [0.717, 1.165) is 0 Å². The van der Waals surface area contributed by atoms with Crippen LogP contribution in [-0.4, -0.2) is 58.8 Å². The van der Waals surface area contributed by atoms with Crippen molar-refractivity contribution in [2.45, 2.75) is 19.2 Å². The van der Waals surface area contributed by atoms with Crippen molar-refractivity contribution < 1.29 is 18.3 Å². The van der Waals surface area contributed by atoms with Gasteiger partial charge >= 0.3 is 6.18 Å². The van der Waals surface area contributed by atoms with Crippen molar-refractivity contribution in [3.8, 4) is 0 Å². The molecule has 1 aliphatic heterocycles. The molecule has 0 radical (unpaired) electrons. The van der Waals surface area contributed by atoms with Crippen LogP contribution in [-0.2, 0) is 6.18 Å². The third-order valence-corrected chi connectivity index (χ3v) is 4.56. The fraction of sp³-hybridized carbons (Fsp3) is 0.571. The number of anilines is 1. The second-order valence-corrected chi connectivity index (χ2v) is 6.54. The number of aliphatic hydroxyl groups excluding tert-OH is 1. The predicted octanol–water partition coefficient (Wildman–Crippen LogP) is 2.21. The maximum absolute atomic E-state index is 13.0. The Hall–Kier alpha value is -1.45. The van der Waals surface area contributed by atoms with Crippen LogP contribution in [0.25, 0.3) is 10.2 Å². The zero-order chi connectivity index (χ0) is 16.6. The summed E-state index contributed by atoms with van der Waals surface area (Å²) in [5.74, 6) is -0.742. The molecular formula is C14H17F3N4OS. The van der Waals surface area contributed by atoms with Gasteiger partial charge in [-0.15, -0.1) is 11.3 Å². The number of hydrogen-bond acceptors (Lipinski definition) is 6. The van der Waals surface area contributed by atoms with Crippen LogP contribution >= 0.6 is 11.3 Å². The molecular weight excluding hydrogens is 329 g/mol. The minimum atomic E-state index is -4.55. The van der Waals surface area contributed by atoms with E-state index in [9.17, 15) is 18.3 Å². The van der Waals surface area contributed by atoms with Gasteiger partial charge in [0.25, 0.3) is 0 Å². The van der Waals surface area contributed by atoms with E-state index < -0.39 is 18.1 Å². The van der Waals surface area contributed by atoms with E-state index in [2.05, 4.69) is 14.9 Å². The standard InChI is InChI=1S/C14H17F3N4OS/c1-9(22)8-20-3-5-21(6-4-20)11-10-2-7-23-12(10)19-13(18-11)14(15,16)17/h2,7,9,22H,3-6,8H2,1H3/t9-/m1/s1. The molecule has 1 N–H and O–H groups in total. The molecule has 1 atom stereocenters. The minimum absolute atomic E-state index is 0.347. The van der Waals surface area contributed by atoms with E-state index in [1.807, 2.05) is 4.90 Å². The summed E-state index contributed by atoms with van der Waals surface area (Å²) in [5.41, 5.74) is 0. The summed E-state index contributed by atoms with van der Waals surface area (Å²) in [5, 5.41) is 11.8. The van der Waals surface area contributed by atoms with Crippen LogP contribution in [0.5, 0.6) is 0 Å². The molecule has 5 nitrogen and oxygen atoms in total. The van der Waals surface area contributed by atoms with Crippen molar-refractivity contribution in [1.82, 2.24) is 14.9 Å². The second-order valence-electron chi connectivity index (χ2n) is 5.64. The Morgan fingerprint density at radius 1 is 1.26 bits per heavy atom. The highest BCUT2D eigenvalue weighted by Crippen LogP contribution is 2.34. The van der Waals surface area contributed by atoms with Crippen LogP contribution in [0.15, 0.2) is 11.4 Å². The summed E-state index contributed by atoms with van der Waals surface area (Å²) < 4.78 is 39.0. The van der Waals surface area contributed by atoms with Gasteiger partial charge in [0.15, 0.2) is 0 Å². The summed E-state index contributed by atoms with van der Waals surface area (Å²) >= 11 is 1.18. The van der Waals surface area contributed by atoms with Crippen molar-refractivity contribution >= 4 is 27.4 Å². The van der Waals surface area contributed by atoms with E-state index in [-0.39, 0.29) is 0 Å². The number of hydrogen-bond donors (Lipinski definition) is 1. The summed E-state index contributed by atoms with van der Waals surface area (Å²) in [6, 6.07) is 1.76. The van der Waals surface area contributed by atoms with Crippen molar-refractivity contribution in [1.29, 1.82) is 0 Å². The number of rotatable bonds is 3. The first-order valence-corrected chi connectivity index (χ1v) is 8.20. The van der Waals surface area contributed by atoms with Crippen LogP contribution in [0.1, 0.15) is 12.7 Å². The summed E-state index contributed by atoms with van der Waals surface area (Å²) in [7, 11) is 0. The highest BCUT2D eigenvalue weighted by Gasteiger charge is 2.36. The zero-order valence-corrected chi connectivity index (χ0v) is 13.4. The number of aliphatic hydroxyl groups is 1. The second kappa shape index (κ2) is 6.21. The molecule has 0 amide bonds. The smallest absolute Gasteiger partial charge is 0.392 e. The van der Waals surface area contributed by atoms with Gasteiger partial charge in [-0.2, -0.15) is 13.2 Å². The van der Waals surface area contributed by atoms with Crippen LogP contribution in [0.3, 0.4) is 0 Å². The molecule has 0 bridgehead atoms. The fourth-order valence-corrected chi connectivity index (χ4v) is 3.48. The quantitative estimate of drug-likeness (QED) is 0.924. The first-order valence-electron chi connectivity index (χ1n) is 7.32. The zero-order valence-electron chi connectivity index (χ0n) is 12.5. The molecule has 1 saturated heterocycles. The average molecular weight is 346 g/mol. The molecule has 0 saturated carbocycles. The number of halogens is 3. The molecule has 9 heteroatoms. The Balaban J connectivity index is 1.87. The molecule has 0 unspecified atom stereocenters. The van der Waals surface area contributed by atoms with Crippen molar-refractivity contribution in [2.75, 3.05) is 37.6 Å². The first-order chi connectivity index (χ1) is 10.8. The number of piperazine rings is 1. The summed E-state index contributed by atoms with van der Waals surface area (Å²) in [6.45, 7) is 4.81. The Morgan fingerprint density at radius 2 is 1.96 bits per heavy atom. The average Bonchev–Trinajstić information content (AvgIpc) is 2.94. The van der Waals surface area contributed by atoms with Gasteiger partial charge in [0, 0.05) is 32.7 Å². The fourth-order valence-electron chi connectivity index (χ4n) is 2.72. The lowest BCUT2D eigenvalue weighted by Crippen LogP contribution is -2.48. The van der Waals surface area contributed by atoms with Crippen molar-refractivity contribution in [3.63, 3.8) is 0 Å². The van der Waals surface area contributed by atoms with E-state index in [1.165, 1.54) is 11.3 Å². The third-order valence-electron chi connectivity index (χ3n) is 3.75. The molecule has 2 aromatic heterocycles. The van der Waals surface area contributed by atoms with E-state index in [4.69, 9.17) is 0 Å². The van der Waals surface area contributed by atoms with E-state index >= 15 is 0 Å². The molecule has 3 heterocycles. The molecule has 1 fully saturated rings. The molecule has 0 spiro atoms. The molecule has 3 rings (SSSR count). The highest BCUT2D eigenvalue weighted by atomic mass is 32.1. The molecule has 23 heavy (non-hydrogen) atoms. The Kier molecular flexibility index (Phi) is 4.43. The monoisotopic (exact) mass is 346 g/mol. The van der Waals surface area contributed by atoms with Crippen molar-refractivity contribution in [3.05, 3.63) is 17.3 Å². The van der Waals surface area contributed by atoms with Gasteiger partial charge in [0.1, 0.15) is 10.6 Å². The lowest BCUT2D eigenvalue weighted by Gasteiger charge is -2.36. The largest absolute Gasteiger partial charge is 0.451 e. The van der Waals surface area contributed by atoms with Gasteiger partial charge < -0.3 is 10.0 Å². The molecule has 2 aromatic rings. The van der Waals surface area contributed by atoms with E-state index in [0.29, 0.717) is 48.8 Å². The summed E-state index contributed by atoms with van der Waals surface area (Å²) in [6.07, 6.45) is -4.97. The SMILES string of the molecule is C[C@@H](O)CN1CCN(c2nc(C(F)(F)F)nc3sccc23)CC1. The van der Waals surface area contributed by atoms with Gasteiger partial charge in [-0.25, -0.2) is 9.97 Å². The number of aromatic nitrogens is 2. The molecule has 126 valence electrons. The van der Waals surface area contributed by atoms with E-state index in [1.54, 1.807) is 18.4 Å². The Labute approximate surface area is 135 Å². The lowest BCUT2D eigenvalue weighted by molar-refractivity contribution is -0.144. The number of nitrogens with zero attached hydrogens (tertiary/aromatic N) is 4. The number of thiophene rings is 1. The highest BCUT2D eigenvalue weighted by molar-refractivity contribution is 7.16. The van der Waals surface area contributed by atoms with Gasteiger partial charge in [0.2, 0.25) is 5.82 Å². The first kappa shape index (κ1) is 16.4. The van der Waals surface area contributed by atoms with Crippen molar-refractivity contribution in [2.24, 2.45) is 0 Å². The van der Waals surface area contributed by atoms with Gasteiger partial charge in [0.05, 0.1) is 11.5 Å². The van der Waals surface area contributed by atoms with Crippen LogP contribution in [0.4, 0.5) is 19.0 Å². The number of β-amino-alcohol motifs (C(OH)–C–C–N with tert-alkyl or cyclic N) is 1. The predicted molar refractivity (Wildman–Crippen MR) is 82.8 cm³/mol. The number of fused-ring (bicyclic) bond motifs is 1. The van der Waals surface area contributed by atoms with Crippen LogP contribution in [0.2, 0.25) is 0 Å². The van der Waals surface area contributed by atoms with Gasteiger partial charge in [-0.05, 0) is 18.4 Å². The van der Waals surface area contributed by atoms with Gasteiger partial charge in [-0.1, -0.05) is 0 Å². The maximum atomic E-state index is 13.0. The Bertz CT molecular complexity index is 680. The topological polar surface area (TPSA) is 52.5 Å². The molecule has 0 aromatic carbocycles. The number of alkyl halides is 3. The van der Waals surface area contributed by atoms with Crippen LogP contribution < -0.4 is 4.90 Å².